The number of carboxylic acids is 1. The van der Waals surface area contributed by atoms with Gasteiger partial charge in [-0.3, -0.25) is 9.59 Å². The molecule has 1 aliphatic heterocycles. The molecule has 5 nitrogen and oxygen atoms in total. The smallest absolute Gasteiger partial charge is 0.311 e. The van der Waals surface area contributed by atoms with Gasteiger partial charge < -0.3 is 15.1 Å². The van der Waals surface area contributed by atoms with Crippen LogP contribution in [0.4, 0.5) is 0 Å². The van der Waals surface area contributed by atoms with Gasteiger partial charge in [0.2, 0.25) is 0 Å². The predicted octanol–water partition coefficient (Wildman–Crippen LogP) is 2.53. The lowest BCUT2D eigenvalue weighted by Gasteiger charge is -2.39. The molecular formula is C20H25NO4. The highest BCUT2D eigenvalue weighted by Gasteiger charge is 2.42. The van der Waals surface area contributed by atoms with Crippen LogP contribution in [0.3, 0.4) is 0 Å². The zero-order valence-electron chi connectivity index (χ0n) is 15.0. The molecule has 5 heteroatoms. The second-order valence-corrected chi connectivity index (χ2v) is 7.16. The molecule has 0 aliphatic carbocycles. The third kappa shape index (κ3) is 4.61. The maximum absolute atomic E-state index is 12.7. The Labute approximate surface area is 148 Å². The van der Waals surface area contributed by atoms with Gasteiger partial charge in [-0.1, -0.05) is 18.8 Å². The Kier molecular flexibility index (Phi) is 5.54. The van der Waals surface area contributed by atoms with Crippen molar-refractivity contribution in [3.63, 3.8) is 0 Å². The van der Waals surface area contributed by atoms with E-state index in [0.29, 0.717) is 36.9 Å². The summed E-state index contributed by atoms with van der Waals surface area (Å²) < 4.78 is 0. The number of nitrogens with zero attached hydrogens (tertiary/aromatic N) is 1. The summed E-state index contributed by atoms with van der Waals surface area (Å²) in [5.74, 6) is 4.61. The van der Waals surface area contributed by atoms with Crippen LogP contribution in [0.25, 0.3) is 0 Å². The number of carboxylic acid groups (broad SMARTS) is 1. The average Bonchev–Trinajstić information content (AvgIpc) is 2.59. The number of hydrogen-bond donors (Lipinski definition) is 2. The van der Waals surface area contributed by atoms with Crippen LogP contribution < -0.4 is 0 Å². The first kappa shape index (κ1) is 19.0. The van der Waals surface area contributed by atoms with Crippen LogP contribution in [0.15, 0.2) is 24.3 Å². The third-order valence-electron chi connectivity index (χ3n) is 4.64. The highest BCUT2D eigenvalue weighted by atomic mass is 16.4. The van der Waals surface area contributed by atoms with Gasteiger partial charge in [0.05, 0.1) is 5.41 Å². The molecule has 1 aromatic carbocycles. The van der Waals surface area contributed by atoms with E-state index < -0.39 is 17.0 Å². The van der Waals surface area contributed by atoms with Crippen molar-refractivity contribution >= 4 is 11.9 Å². The van der Waals surface area contributed by atoms with Gasteiger partial charge in [0, 0.05) is 24.2 Å². The first-order valence-corrected chi connectivity index (χ1v) is 8.55. The molecule has 0 radical (unpaired) electrons. The van der Waals surface area contributed by atoms with Gasteiger partial charge in [0.1, 0.15) is 5.60 Å². The quantitative estimate of drug-likeness (QED) is 0.827. The molecule has 1 amide bonds. The molecule has 1 unspecified atom stereocenters. The maximum atomic E-state index is 12.7. The Bertz CT molecular complexity index is 706. The van der Waals surface area contributed by atoms with Gasteiger partial charge >= 0.3 is 5.97 Å². The molecule has 1 heterocycles. The van der Waals surface area contributed by atoms with Crippen LogP contribution in [0.2, 0.25) is 0 Å². The van der Waals surface area contributed by atoms with E-state index in [9.17, 15) is 19.8 Å². The van der Waals surface area contributed by atoms with E-state index in [0.717, 1.165) is 0 Å². The molecule has 25 heavy (non-hydrogen) atoms. The van der Waals surface area contributed by atoms with Gasteiger partial charge in [0.25, 0.3) is 5.91 Å². The number of piperidine rings is 1. The monoisotopic (exact) mass is 343 g/mol. The SMILES string of the molecule is CCC1(C(=O)O)CCCN(C(=O)c2ccc(C#CC(C)(C)O)cc2)C1. The van der Waals surface area contributed by atoms with Crippen molar-refractivity contribution in [2.24, 2.45) is 5.41 Å². The molecule has 2 rings (SSSR count). The Morgan fingerprint density at radius 3 is 2.44 bits per heavy atom. The minimum Gasteiger partial charge on any atom is -0.481 e. The van der Waals surface area contributed by atoms with Crippen molar-refractivity contribution in [2.75, 3.05) is 13.1 Å². The fourth-order valence-corrected chi connectivity index (χ4v) is 3.02. The maximum Gasteiger partial charge on any atom is 0.311 e. The van der Waals surface area contributed by atoms with Gasteiger partial charge in [-0.25, -0.2) is 0 Å². The van der Waals surface area contributed by atoms with Crippen LogP contribution >= 0.6 is 0 Å². The lowest BCUT2D eigenvalue weighted by Crippen LogP contribution is -2.49. The average molecular weight is 343 g/mol. The Morgan fingerprint density at radius 1 is 1.28 bits per heavy atom. The van der Waals surface area contributed by atoms with Crippen molar-refractivity contribution in [1.82, 2.24) is 4.90 Å². The number of likely N-dealkylation sites (tertiary alicyclic amines) is 1. The number of rotatable bonds is 3. The number of carbonyl (C=O) groups is 2. The number of hydrogen-bond acceptors (Lipinski definition) is 3. The zero-order valence-corrected chi connectivity index (χ0v) is 15.0. The molecule has 1 aliphatic rings. The molecule has 2 N–H and O–H groups in total. The van der Waals surface area contributed by atoms with Gasteiger partial charge in [-0.05, 0) is 57.4 Å². The van der Waals surface area contributed by atoms with E-state index in [1.54, 1.807) is 43.0 Å². The summed E-state index contributed by atoms with van der Waals surface area (Å²) in [5.41, 5.74) is -0.675. The van der Waals surface area contributed by atoms with E-state index in [4.69, 9.17) is 0 Å². The largest absolute Gasteiger partial charge is 0.481 e. The number of aliphatic carboxylic acids is 1. The Hall–Kier alpha value is -2.32. The van der Waals surface area contributed by atoms with Crippen LogP contribution in [-0.2, 0) is 4.79 Å². The first-order chi connectivity index (χ1) is 11.7. The standard InChI is InChI=1S/C20H25NO4/c1-4-20(18(23)24)11-5-13-21(14-20)17(22)16-8-6-15(7-9-16)10-12-19(2,3)25/h6-9,25H,4-5,11,13-14H2,1-3H3,(H,23,24). The number of benzene rings is 1. The van der Waals surface area contributed by atoms with E-state index in [-0.39, 0.29) is 12.5 Å². The fraction of sp³-hybridized carbons (Fsp3) is 0.500. The van der Waals surface area contributed by atoms with Crippen molar-refractivity contribution in [3.8, 4) is 11.8 Å². The second-order valence-electron chi connectivity index (χ2n) is 7.16. The van der Waals surface area contributed by atoms with Gasteiger partial charge in [-0.2, -0.15) is 0 Å². The predicted molar refractivity (Wildman–Crippen MR) is 95.1 cm³/mol. The van der Waals surface area contributed by atoms with Crippen LogP contribution in [0.5, 0.6) is 0 Å². The minimum absolute atomic E-state index is 0.152. The Morgan fingerprint density at radius 2 is 1.92 bits per heavy atom. The van der Waals surface area contributed by atoms with Crippen LogP contribution in [0, 0.1) is 17.3 Å². The van der Waals surface area contributed by atoms with E-state index in [2.05, 4.69) is 11.8 Å². The summed E-state index contributed by atoms with van der Waals surface area (Å²) in [7, 11) is 0. The van der Waals surface area contributed by atoms with Crippen LogP contribution in [-0.4, -0.2) is 45.7 Å². The van der Waals surface area contributed by atoms with Crippen molar-refractivity contribution in [1.29, 1.82) is 0 Å². The van der Waals surface area contributed by atoms with Crippen molar-refractivity contribution < 1.29 is 19.8 Å². The first-order valence-electron chi connectivity index (χ1n) is 8.55. The van der Waals surface area contributed by atoms with Gasteiger partial charge in [0.15, 0.2) is 0 Å². The summed E-state index contributed by atoms with van der Waals surface area (Å²) in [6, 6.07) is 6.86. The van der Waals surface area contributed by atoms with Crippen LogP contribution in [0.1, 0.15) is 56.0 Å². The van der Waals surface area contributed by atoms with Crippen molar-refractivity contribution in [3.05, 3.63) is 35.4 Å². The summed E-state index contributed by atoms with van der Waals surface area (Å²) in [6.07, 6.45) is 1.81. The molecule has 1 atom stereocenters. The number of aliphatic hydroxyl groups is 1. The highest BCUT2D eigenvalue weighted by molar-refractivity contribution is 5.94. The molecule has 134 valence electrons. The lowest BCUT2D eigenvalue weighted by molar-refractivity contribution is -0.152. The molecule has 0 aromatic heterocycles. The molecular weight excluding hydrogens is 318 g/mol. The number of carbonyl (C=O) groups excluding carboxylic acids is 1. The molecule has 1 aromatic rings. The molecule has 1 saturated heterocycles. The van der Waals surface area contributed by atoms with E-state index in [1.807, 2.05) is 6.92 Å². The fourth-order valence-electron chi connectivity index (χ4n) is 3.02. The summed E-state index contributed by atoms with van der Waals surface area (Å²) in [4.78, 5) is 26.0. The summed E-state index contributed by atoms with van der Waals surface area (Å²) in [5, 5.41) is 19.2. The summed E-state index contributed by atoms with van der Waals surface area (Å²) >= 11 is 0. The van der Waals surface area contributed by atoms with Crippen molar-refractivity contribution in [2.45, 2.75) is 45.6 Å². The lowest BCUT2D eigenvalue weighted by atomic mass is 9.77. The molecule has 0 spiro atoms. The topological polar surface area (TPSA) is 77.8 Å². The highest BCUT2D eigenvalue weighted by Crippen LogP contribution is 2.34. The van der Waals surface area contributed by atoms with E-state index in [1.165, 1.54) is 0 Å². The molecule has 0 bridgehead atoms. The summed E-state index contributed by atoms with van der Waals surface area (Å²) in [6.45, 7) is 5.90. The third-order valence-corrected chi connectivity index (χ3v) is 4.64. The minimum atomic E-state index is -1.07. The van der Waals surface area contributed by atoms with Gasteiger partial charge in [-0.15, -0.1) is 0 Å². The molecule has 1 fully saturated rings. The molecule has 0 saturated carbocycles. The normalized spacial score (nSPS) is 20.6. The Balaban J connectivity index is 2.15. The van der Waals surface area contributed by atoms with E-state index >= 15 is 0 Å². The number of amides is 1. The zero-order chi connectivity index (χ0) is 18.7. The second kappa shape index (κ2) is 7.28.